The highest BCUT2D eigenvalue weighted by molar-refractivity contribution is 5.85. The average Bonchev–Trinajstić information content (AvgIpc) is 3.14. The fraction of sp³-hybridized carbons (Fsp3) is 0.400. The van der Waals surface area contributed by atoms with Gasteiger partial charge in [-0.15, -0.1) is 0 Å². The molecule has 0 aromatic heterocycles. The number of methoxy groups -OCH3 is 1. The molecule has 0 aliphatic carbocycles. The van der Waals surface area contributed by atoms with E-state index in [1.54, 1.807) is 0 Å². The second-order valence-electron chi connectivity index (χ2n) is 8.32. The topological polar surface area (TPSA) is 84.5 Å². The molecular formula is C25H30N2O4. The Hall–Kier alpha value is -3.15. The Morgan fingerprint density at radius 3 is 2.42 bits per heavy atom. The smallest absolute Gasteiger partial charge is 0.328 e. The largest absolute Gasteiger partial charge is 0.467 e. The van der Waals surface area contributed by atoms with Gasteiger partial charge >= 0.3 is 5.97 Å². The van der Waals surface area contributed by atoms with Gasteiger partial charge in [0.05, 0.1) is 7.11 Å². The molecule has 1 heterocycles. The Bertz CT molecular complexity index is 911. The van der Waals surface area contributed by atoms with Crippen LogP contribution in [0.1, 0.15) is 42.4 Å². The van der Waals surface area contributed by atoms with Crippen molar-refractivity contribution < 1.29 is 19.1 Å². The molecular weight excluding hydrogens is 392 g/mol. The molecule has 6 heteroatoms. The van der Waals surface area contributed by atoms with E-state index >= 15 is 0 Å². The number of hydrogen-bond donors (Lipinski definition) is 2. The number of ether oxygens (including phenoxy) is 1. The molecule has 1 aliphatic rings. The number of carbonyl (C=O) groups is 3. The summed E-state index contributed by atoms with van der Waals surface area (Å²) in [6.07, 6.45) is 2.93. The van der Waals surface area contributed by atoms with Crippen molar-refractivity contribution in [1.29, 1.82) is 0 Å². The highest BCUT2D eigenvalue weighted by Gasteiger charge is 2.38. The van der Waals surface area contributed by atoms with Gasteiger partial charge in [-0.1, -0.05) is 60.2 Å². The van der Waals surface area contributed by atoms with Gasteiger partial charge in [-0.05, 0) is 37.3 Å². The molecule has 0 unspecified atom stereocenters. The van der Waals surface area contributed by atoms with Crippen molar-refractivity contribution in [2.75, 3.05) is 7.11 Å². The summed E-state index contributed by atoms with van der Waals surface area (Å²) in [5, 5.41) is 5.92. The summed E-state index contributed by atoms with van der Waals surface area (Å²) in [6, 6.07) is 17.0. The number of benzene rings is 2. The van der Waals surface area contributed by atoms with Crippen LogP contribution in [0.2, 0.25) is 0 Å². The number of nitrogens with one attached hydrogen (secondary N) is 2. The fourth-order valence-electron chi connectivity index (χ4n) is 4.08. The summed E-state index contributed by atoms with van der Waals surface area (Å²) in [6.45, 7) is 2.04. The zero-order valence-electron chi connectivity index (χ0n) is 18.1. The second kappa shape index (κ2) is 10.2. The zero-order chi connectivity index (χ0) is 22.3. The van der Waals surface area contributed by atoms with Gasteiger partial charge in [0.1, 0.15) is 6.04 Å². The Kier molecular flexibility index (Phi) is 7.45. The van der Waals surface area contributed by atoms with Crippen LogP contribution >= 0.6 is 0 Å². The maximum absolute atomic E-state index is 12.7. The minimum atomic E-state index is -0.744. The molecule has 2 aromatic carbocycles. The zero-order valence-corrected chi connectivity index (χ0v) is 18.1. The van der Waals surface area contributed by atoms with Crippen LogP contribution < -0.4 is 10.6 Å². The lowest BCUT2D eigenvalue weighted by atomic mass is 9.84. The molecule has 3 rings (SSSR count). The Balaban J connectivity index is 1.63. The SMILES string of the molecule is COC(=O)[C@H](Cc1ccccc1)NC(=O)CC[C@@]1(Cc2ccc(C)cc2)CCC(=O)N1. The average molecular weight is 423 g/mol. The molecule has 0 radical (unpaired) electrons. The van der Waals surface area contributed by atoms with Crippen LogP contribution in [0.15, 0.2) is 54.6 Å². The number of esters is 1. The summed E-state index contributed by atoms with van der Waals surface area (Å²) in [5.74, 6) is -0.680. The van der Waals surface area contributed by atoms with E-state index in [9.17, 15) is 14.4 Å². The summed E-state index contributed by atoms with van der Waals surface area (Å²) in [4.78, 5) is 36.9. The predicted molar refractivity (Wildman–Crippen MR) is 118 cm³/mol. The molecule has 0 bridgehead atoms. The molecule has 1 fully saturated rings. The first-order valence-electron chi connectivity index (χ1n) is 10.7. The first kappa shape index (κ1) is 22.5. The summed E-state index contributed by atoms with van der Waals surface area (Å²) in [5.41, 5.74) is 2.81. The van der Waals surface area contributed by atoms with Gasteiger partial charge in [0.15, 0.2) is 0 Å². The van der Waals surface area contributed by atoms with Gasteiger partial charge in [0, 0.05) is 24.8 Å². The lowest BCUT2D eigenvalue weighted by molar-refractivity contribution is -0.145. The number of aryl methyl sites for hydroxylation is 1. The second-order valence-corrected chi connectivity index (χ2v) is 8.32. The van der Waals surface area contributed by atoms with Crippen LogP contribution in [0.25, 0.3) is 0 Å². The molecule has 0 spiro atoms. The summed E-state index contributed by atoms with van der Waals surface area (Å²) < 4.78 is 4.88. The van der Waals surface area contributed by atoms with Crippen molar-refractivity contribution in [3.63, 3.8) is 0 Å². The van der Waals surface area contributed by atoms with Crippen molar-refractivity contribution in [2.24, 2.45) is 0 Å². The molecule has 1 saturated heterocycles. The van der Waals surface area contributed by atoms with E-state index in [1.165, 1.54) is 12.7 Å². The van der Waals surface area contributed by atoms with E-state index in [0.29, 0.717) is 32.1 Å². The van der Waals surface area contributed by atoms with Gasteiger partial charge in [0.25, 0.3) is 0 Å². The standard InChI is InChI=1S/C25H30N2O4/c1-18-8-10-20(11-9-18)17-25(15-13-23(29)27-25)14-12-22(28)26-21(24(30)31-2)16-19-6-4-3-5-7-19/h3-11,21H,12-17H2,1-2H3,(H,26,28)(H,27,29)/t21-,25-/m0/s1. The van der Waals surface area contributed by atoms with E-state index in [0.717, 1.165) is 11.1 Å². The van der Waals surface area contributed by atoms with Gasteiger partial charge in [0.2, 0.25) is 11.8 Å². The minimum absolute atomic E-state index is 0.0176. The van der Waals surface area contributed by atoms with Gasteiger partial charge in [-0.3, -0.25) is 9.59 Å². The lowest BCUT2D eigenvalue weighted by Crippen LogP contribution is -2.46. The van der Waals surface area contributed by atoms with Crippen LogP contribution in [0.3, 0.4) is 0 Å². The van der Waals surface area contributed by atoms with Crippen LogP contribution in [-0.4, -0.2) is 36.5 Å². The molecule has 31 heavy (non-hydrogen) atoms. The van der Waals surface area contributed by atoms with Crippen LogP contribution in [0.5, 0.6) is 0 Å². The lowest BCUT2D eigenvalue weighted by Gasteiger charge is -2.29. The van der Waals surface area contributed by atoms with Crippen molar-refractivity contribution in [2.45, 2.75) is 57.0 Å². The molecule has 2 atom stereocenters. The van der Waals surface area contributed by atoms with E-state index in [2.05, 4.69) is 34.9 Å². The molecule has 6 nitrogen and oxygen atoms in total. The monoisotopic (exact) mass is 422 g/mol. The first-order chi connectivity index (χ1) is 14.9. The highest BCUT2D eigenvalue weighted by Crippen LogP contribution is 2.29. The van der Waals surface area contributed by atoms with Gasteiger partial charge in [-0.25, -0.2) is 4.79 Å². The highest BCUT2D eigenvalue weighted by atomic mass is 16.5. The van der Waals surface area contributed by atoms with E-state index in [1.807, 2.05) is 37.3 Å². The molecule has 2 amide bonds. The van der Waals surface area contributed by atoms with Crippen LogP contribution in [-0.2, 0) is 32.0 Å². The van der Waals surface area contributed by atoms with Gasteiger partial charge < -0.3 is 15.4 Å². The van der Waals surface area contributed by atoms with Crippen molar-refractivity contribution in [1.82, 2.24) is 10.6 Å². The Labute approximate surface area is 183 Å². The number of carbonyl (C=O) groups excluding carboxylic acids is 3. The Morgan fingerprint density at radius 2 is 1.81 bits per heavy atom. The third kappa shape index (κ3) is 6.41. The van der Waals surface area contributed by atoms with Crippen molar-refractivity contribution in [3.8, 4) is 0 Å². The quantitative estimate of drug-likeness (QED) is 0.609. The van der Waals surface area contributed by atoms with E-state index < -0.39 is 17.6 Å². The normalized spacial score (nSPS) is 18.8. The summed E-state index contributed by atoms with van der Waals surface area (Å²) in [7, 11) is 1.32. The molecule has 1 aliphatic heterocycles. The van der Waals surface area contributed by atoms with Crippen molar-refractivity contribution >= 4 is 17.8 Å². The fourth-order valence-corrected chi connectivity index (χ4v) is 4.08. The maximum atomic E-state index is 12.7. The van der Waals surface area contributed by atoms with Crippen LogP contribution in [0.4, 0.5) is 0 Å². The Morgan fingerprint density at radius 1 is 1.10 bits per heavy atom. The number of hydrogen-bond acceptors (Lipinski definition) is 4. The van der Waals surface area contributed by atoms with E-state index in [-0.39, 0.29) is 18.2 Å². The third-order valence-electron chi connectivity index (χ3n) is 5.83. The third-order valence-corrected chi connectivity index (χ3v) is 5.83. The maximum Gasteiger partial charge on any atom is 0.328 e. The van der Waals surface area contributed by atoms with Gasteiger partial charge in [-0.2, -0.15) is 0 Å². The predicted octanol–water partition coefficient (Wildman–Crippen LogP) is 2.87. The molecule has 164 valence electrons. The first-order valence-corrected chi connectivity index (χ1v) is 10.7. The number of rotatable bonds is 9. The van der Waals surface area contributed by atoms with E-state index in [4.69, 9.17) is 4.74 Å². The molecule has 2 aromatic rings. The molecule has 0 saturated carbocycles. The minimum Gasteiger partial charge on any atom is -0.467 e. The van der Waals surface area contributed by atoms with Crippen molar-refractivity contribution in [3.05, 3.63) is 71.3 Å². The number of amides is 2. The summed E-state index contributed by atoms with van der Waals surface area (Å²) >= 11 is 0. The van der Waals surface area contributed by atoms with Crippen LogP contribution in [0, 0.1) is 6.92 Å². The molecule has 2 N–H and O–H groups in total.